The zero-order chi connectivity index (χ0) is 13.7. The third kappa shape index (κ3) is 3.80. The lowest BCUT2D eigenvalue weighted by atomic mass is 9.82. The molecule has 0 heterocycles. The van der Waals surface area contributed by atoms with E-state index in [1.807, 2.05) is 18.2 Å². The number of benzene rings is 1. The summed E-state index contributed by atoms with van der Waals surface area (Å²) in [5.74, 6) is 1.67. The van der Waals surface area contributed by atoms with Gasteiger partial charge >= 0.3 is 0 Å². The van der Waals surface area contributed by atoms with Gasteiger partial charge in [0, 0.05) is 0 Å². The molecule has 1 saturated carbocycles. The van der Waals surface area contributed by atoms with E-state index in [1.54, 1.807) is 0 Å². The topological polar surface area (TPSA) is 32.3 Å². The van der Waals surface area contributed by atoms with Crippen molar-refractivity contribution < 1.29 is 5.11 Å². The Bertz CT molecular complexity index is 370. The molecule has 1 fully saturated rings. The van der Waals surface area contributed by atoms with Gasteiger partial charge in [0.2, 0.25) is 0 Å². The lowest BCUT2D eigenvalue weighted by molar-refractivity contribution is 0.160. The van der Waals surface area contributed by atoms with Crippen LogP contribution in [0.3, 0.4) is 0 Å². The fourth-order valence-corrected chi connectivity index (χ4v) is 2.96. The Morgan fingerprint density at radius 2 is 1.79 bits per heavy atom. The fourth-order valence-electron chi connectivity index (χ4n) is 2.96. The van der Waals surface area contributed by atoms with E-state index >= 15 is 0 Å². The van der Waals surface area contributed by atoms with Crippen LogP contribution in [0.15, 0.2) is 30.3 Å². The van der Waals surface area contributed by atoms with Gasteiger partial charge in [-0.15, -0.1) is 0 Å². The number of hydrogen-bond acceptors (Lipinski definition) is 2. The molecule has 2 heteroatoms. The van der Waals surface area contributed by atoms with Gasteiger partial charge in [0.15, 0.2) is 0 Å². The smallest absolute Gasteiger partial charge is 0.0652 e. The predicted molar refractivity (Wildman–Crippen MR) is 80.0 cm³/mol. The molecule has 19 heavy (non-hydrogen) atoms. The molecule has 1 atom stereocenters. The number of hydrogen-bond donors (Lipinski definition) is 2. The minimum Gasteiger partial charge on any atom is -0.394 e. The summed E-state index contributed by atoms with van der Waals surface area (Å²) in [6, 6.07) is 10.3. The summed E-state index contributed by atoms with van der Waals surface area (Å²) in [5, 5.41) is 13.3. The fraction of sp³-hybridized carbons (Fsp3) is 0.647. The van der Waals surface area contributed by atoms with Crippen LogP contribution < -0.4 is 5.32 Å². The van der Waals surface area contributed by atoms with E-state index in [9.17, 15) is 5.11 Å². The Hall–Kier alpha value is -0.860. The monoisotopic (exact) mass is 261 g/mol. The van der Waals surface area contributed by atoms with E-state index in [0.717, 1.165) is 18.4 Å². The minimum atomic E-state index is -0.315. The maximum atomic E-state index is 9.75. The number of nitrogens with one attached hydrogen (secondary N) is 1. The van der Waals surface area contributed by atoms with Crippen LogP contribution >= 0.6 is 0 Å². The highest BCUT2D eigenvalue weighted by Gasteiger charge is 2.27. The van der Waals surface area contributed by atoms with Crippen LogP contribution in [-0.2, 0) is 5.54 Å². The van der Waals surface area contributed by atoms with Crippen molar-refractivity contribution in [3.8, 4) is 0 Å². The third-order valence-corrected chi connectivity index (χ3v) is 4.64. The number of aliphatic hydroxyl groups is 1. The highest BCUT2D eigenvalue weighted by Crippen LogP contribution is 2.29. The van der Waals surface area contributed by atoms with Crippen LogP contribution in [0.25, 0.3) is 0 Å². The maximum absolute atomic E-state index is 9.75. The molecular weight excluding hydrogens is 234 g/mol. The van der Waals surface area contributed by atoms with Gasteiger partial charge in [0.25, 0.3) is 0 Å². The molecule has 1 aliphatic carbocycles. The van der Waals surface area contributed by atoms with E-state index in [4.69, 9.17) is 0 Å². The second kappa shape index (κ2) is 6.53. The van der Waals surface area contributed by atoms with Crippen molar-refractivity contribution in [3.05, 3.63) is 35.9 Å². The zero-order valence-corrected chi connectivity index (χ0v) is 12.2. The Kier molecular flexibility index (Phi) is 5.00. The van der Waals surface area contributed by atoms with Gasteiger partial charge in [-0.05, 0) is 43.7 Å². The predicted octanol–water partition coefficient (Wildman–Crippen LogP) is 3.31. The van der Waals surface area contributed by atoms with Gasteiger partial charge < -0.3 is 10.4 Å². The van der Waals surface area contributed by atoms with Crippen molar-refractivity contribution in [1.29, 1.82) is 0 Å². The summed E-state index contributed by atoms with van der Waals surface area (Å²) in [5.41, 5.74) is 0.853. The molecule has 2 rings (SSSR count). The largest absolute Gasteiger partial charge is 0.394 e. The summed E-state index contributed by atoms with van der Waals surface area (Å²) in [7, 11) is 0. The SMILES string of the molecule is CC1CCC(CNC(C)(CO)c2ccccc2)CC1. The van der Waals surface area contributed by atoms with Crippen molar-refractivity contribution in [2.45, 2.75) is 45.1 Å². The molecule has 0 bridgehead atoms. The maximum Gasteiger partial charge on any atom is 0.0652 e. The van der Waals surface area contributed by atoms with Gasteiger partial charge in [-0.25, -0.2) is 0 Å². The van der Waals surface area contributed by atoms with E-state index < -0.39 is 0 Å². The Balaban J connectivity index is 1.92. The molecule has 1 aliphatic rings. The van der Waals surface area contributed by atoms with E-state index in [0.29, 0.717) is 0 Å². The van der Waals surface area contributed by atoms with Crippen molar-refractivity contribution in [2.75, 3.05) is 13.2 Å². The first-order valence-corrected chi connectivity index (χ1v) is 7.55. The molecular formula is C17H27NO. The molecule has 0 radical (unpaired) electrons. The number of rotatable bonds is 5. The van der Waals surface area contributed by atoms with Gasteiger partial charge in [-0.3, -0.25) is 0 Å². The molecule has 0 aliphatic heterocycles. The number of aliphatic hydroxyl groups excluding tert-OH is 1. The Morgan fingerprint density at radius 1 is 1.16 bits per heavy atom. The lowest BCUT2D eigenvalue weighted by Crippen LogP contribution is -2.45. The molecule has 0 amide bonds. The molecule has 1 aromatic rings. The van der Waals surface area contributed by atoms with Gasteiger partial charge in [-0.1, -0.05) is 50.1 Å². The molecule has 0 spiro atoms. The second-order valence-electron chi connectivity index (χ2n) is 6.36. The van der Waals surface area contributed by atoms with E-state index in [-0.39, 0.29) is 12.1 Å². The third-order valence-electron chi connectivity index (χ3n) is 4.64. The molecule has 2 N–H and O–H groups in total. The van der Waals surface area contributed by atoms with Crippen LogP contribution in [-0.4, -0.2) is 18.3 Å². The normalized spacial score (nSPS) is 26.9. The summed E-state index contributed by atoms with van der Waals surface area (Å²) in [4.78, 5) is 0. The molecule has 0 aromatic heterocycles. The first-order chi connectivity index (χ1) is 9.14. The van der Waals surface area contributed by atoms with Crippen LogP contribution in [0, 0.1) is 11.8 Å². The Morgan fingerprint density at radius 3 is 2.37 bits per heavy atom. The molecule has 0 saturated heterocycles. The van der Waals surface area contributed by atoms with Crippen LogP contribution in [0.2, 0.25) is 0 Å². The second-order valence-corrected chi connectivity index (χ2v) is 6.36. The van der Waals surface area contributed by atoms with Gasteiger partial charge in [-0.2, -0.15) is 0 Å². The highest BCUT2D eigenvalue weighted by molar-refractivity contribution is 5.23. The summed E-state index contributed by atoms with van der Waals surface area (Å²) in [6.07, 6.45) is 5.36. The summed E-state index contributed by atoms with van der Waals surface area (Å²) < 4.78 is 0. The van der Waals surface area contributed by atoms with E-state index in [2.05, 4.69) is 31.3 Å². The minimum absolute atomic E-state index is 0.139. The van der Waals surface area contributed by atoms with Crippen LogP contribution in [0.4, 0.5) is 0 Å². The average Bonchev–Trinajstić information content (AvgIpc) is 2.47. The van der Waals surface area contributed by atoms with Crippen LogP contribution in [0.1, 0.15) is 45.1 Å². The van der Waals surface area contributed by atoms with Crippen molar-refractivity contribution >= 4 is 0 Å². The molecule has 106 valence electrons. The van der Waals surface area contributed by atoms with Crippen molar-refractivity contribution in [2.24, 2.45) is 11.8 Å². The lowest BCUT2D eigenvalue weighted by Gasteiger charge is -2.33. The summed E-state index contributed by atoms with van der Waals surface area (Å²) in [6.45, 7) is 5.60. The van der Waals surface area contributed by atoms with Crippen LogP contribution in [0.5, 0.6) is 0 Å². The standard InChI is InChI=1S/C17H27NO/c1-14-8-10-15(11-9-14)12-18-17(2,13-19)16-6-4-3-5-7-16/h3-7,14-15,18-19H,8-13H2,1-2H3. The molecule has 1 aromatic carbocycles. The molecule has 1 unspecified atom stereocenters. The first kappa shape index (κ1) is 14.5. The highest BCUT2D eigenvalue weighted by atomic mass is 16.3. The summed E-state index contributed by atoms with van der Waals surface area (Å²) >= 11 is 0. The van der Waals surface area contributed by atoms with E-state index in [1.165, 1.54) is 31.2 Å². The van der Waals surface area contributed by atoms with Crippen molar-refractivity contribution in [1.82, 2.24) is 5.32 Å². The van der Waals surface area contributed by atoms with Gasteiger partial charge in [0.05, 0.1) is 12.1 Å². The Labute approximate surface area is 117 Å². The average molecular weight is 261 g/mol. The van der Waals surface area contributed by atoms with Crippen molar-refractivity contribution in [3.63, 3.8) is 0 Å². The molecule has 2 nitrogen and oxygen atoms in total. The van der Waals surface area contributed by atoms with Gasteiger partial charge in [0.1, 0.15) is 0 Å². The quantitative estimate of drug-likeness (QED) is 0.852. The first-order valence-electron chi connectivity index (χ1n) is 7.55. The zero-order valence-electron chi connectivity index (χ0n) is 12.2.